The van der Waals surface area contributed by atoms with Gasteiger partial charge in [-0.2, -0.15) is 0 Å². The second-order valence-corrected chi connectivity index (χ2v) is 8.50. The van der Waals surface area contributed by atoms with Crippen LogP contribution in [0.1, 0.15) is 49.1 Å². The Morgan fingerprint density at radius 1 is 1.06 bits per heavy atom. The van der Waals surface area contributed by atoms with Gasteiger partial charge < -0.3 is 24.7 Å². The van der Waals surface area contributed by atoms with Crippen LogP contribution in [0.15, 0.2) is 42.0 Å². The molecule has 0 saturated carbocycles. The summed E-state index contributed by atoms with van der Waals surface area (Å²) in [6.45, 7) is 12.6. The molecular weight excluding hydrogens is 432 g/mol. The summed E-state index contributed by atoms with van der Waals surface area (Å²) in [5, 5.41) is 21.5. The fourth-order valence-corrected chi connectivity index (χ4v) is 4.35. The number of Topliss-reactive ketones (excluding diaryl/α,β-unsaturated/α-hetero) is 1. The van der Waals surface area contributed by atoms with Crippen LogP contribution < -0.4 is 4.74 Å². The summed E-state index contributed by atoms with van der Waals surface area (Å²) in [6, 6.07) is 9.61. The summed E-state index contributed by atoms with van der Waals surface area (Å²) in [7, 11) is 0. The zero-order chi connectivity index (χ0) is 25.0. The molecule has 0 spiro atoms. The van der Waals surface area contributed by atoms with E-state index in [1.165, 1.54) is 11.0 Å². The molecule has 7 nitrogen and oxygen atoms in total. The largest absolute Gasteiger partial charge is 0.507 e. The Labute approximate surface area is 201 Å². The number of ketones is 1. The van der Waals surface area contributed by atoms with Crippen LogP contribution in [0.3, 0.4) is 0 Å². The molecular formula is C27H34N2O5. The van der Waals surface area contributed by atoms with Crippen molar-refractivity contribution in [2.75, 3.05) is 32.8 Å². The van der Waals surface area contributed by atoms with Crippen molar-refractivity contribution in [1.82, 2.24) is 9.80 Å². The summed E-state index contributed by atoms with van der Waals surface area (Å²) in [5.74, 6) is -1.31. The first-order valence-corrected chi connectivity index (χ1v) is 11.8. The molecule has 2 aromatic carbocycles. The van der Waals surface area contributed by atoms with Crippen molar-refractivity contribution in [3.05, 3.63) is 64.2 Å². The number of ether oxygens (including phenoxy) is 1. The Morgan fingerprint density at radius 2 is 1.76 bits per heavy atom. The molecule has 1 aliphatic heterocycles. The predicted octanol–water partition coefficient (Wildman–Crippen LogP) is 4.17. The number of amides is 1. The summed E-state index contributed by atoms with van der Waals surface area (Å²) in [5.41, 5.74) is 2.90. The van der Waals surface area contributed by atoms with Crippen LogP contribution in [0, 0.1) is 13.8 Å². The minimum atomic E-state index is -0.796. The third-order valence-corrected chi connectivity index (χ3v) is 6.34. The number of carbonyl (C=O) groups is 2. The zero-order valence-electron chi connectivity index (χ0n) is 20.6. The number of phenols is 1. The van der Waals surface area contributed by atoms with Gasteiger partial charge in [0.25, 0.3) is 11.7 Å². The van der Waals surface area contributed by atoms with Crippen LogP contribution >= 0.6 is 0 Å². The highest BCUT2D eigenvalue weighted by Crippen LogP contribution is 2.42. The van der Waals surface area contributed by atoms with E-state index in [0.29, 0.717) is 30.8 Å². The molecule has 1 atom stereocenters. The second-order valence-electron chi connectivity index (χ2n) is 8.50. The minimum absolute atomic E-state index is 0.0276. The van der Waals surface area contributed by atoms with Crippen LogP contribution in [0.2, 0.25) is 0 Å². The average molecular weight is 467 g/mol. The predicted molar refractivity (Wildman–Crippen MR) is 132 cm³/mol. The number of phenolic OH excluding ortho intramolecular Hbond substituents is 1. The molecule has 1 fully saturated rings. The fourth-order valence-electron chi connectivity index (χ4n) is 4.35. The van der Waals surface area contributed by atoms with E-state index in [9.17, 15) is 19.8 Å². The Bertz CT molecular complexity index is 1100. The molecule has 1 unspecified atom stereocenters. The number of aliphatic hydroxyl groups excluding tert-OH is 1. The Balaban J connectivity index is 2.18. The van der Waals surface area contributed by atoms with E-state index in [0.717, 1.165) is 24.2 Å². The number of rotatable bonds is 9. The fraction of sp³-hybridized carbons (Fsp3) is 0.407. The van der Waals surface area contributed by atoms with Gasteiger partial charge in [0, 0.05) is 18.7 Å². The Hall–Kier alpha value is -3.32. The van der Waals surface area contributed by atoms with Crippen molar-refractivity contribution < 1.29 is 24.5 Å². The standard InChI is InChI=1S/C27H34N2O5/c1-6-28(7-2)13-14-29-24(19-11-12-21(30)22(16-19)34-8-3)23(26(32)27(29)33)25(31)20-15-17(4)9-10-18(20)5/h9-12,15-16,24,30-31H,6-8,13-14H2,1-5H3/b25-23+. The van der Waals surface area contributed by atoms with Crippen LogP contribution in [-0.2, 0) is 9.59 Å². The van der Waals surface area contributed by atoms with Crippen LogP contribution in [0.25, 0.3) is 5.76 Å². The minimum Gasteiger partial charge on any atom is -0.507 e. The summed E-state index contributed by atoms with van der Waals surface area (Å²) in [6.07, 6.45) is 0. The van der Waals surface area contributed by atoms with Gasteiger partial charge in [0.05, 0.1) is 18.2 Å². The topological polar surface area (TPSA) is 90.3 Å². The molecule has 1 saturated heterocycles. The molecule has 1 amide bonds. The highest BCUT2D eigenvalue weighted by atomic mass is 16.5. The number of aryl methyl sites for hydroxylation is 2. The van der Waals surface area contributed by atoms with E-state index in [4.69, 9.17) is 4.74 Å². The lowest BCUT2D eigenvalue weighted by Gasteiger charge is -2.28. The summed E-state index contributed by atoms with van der Waals surface area (Å²) >= 11 is 0. The zero-order valence-corrected chi connectivity index (χ0v) is 20.6. The molecule has 182 valence electrons. The maximum absolute atomic E-state index is 13.3. The van der Waals surface area contributed by atoms with Crippen LogP contribution in [0.5, 0.6) is 11.5 Å². The van der Waals surface area contributed by atoms with Crippen molar-refractivity contribution in [2.45, 2.75) is 40.7 Å². The van der Waals surface area contributed by atoms with E-state index in [1.807, 2.05) is 52.8 Å². The number of likely N-dealkylation sites (N-methyl/N-ethyl adjacent to an activating group) is 1. The molecule has 0 bridgehead atoms. The van der Waals surface area contributed by atoms with Gasteiger partial charge in [0.2, 0.25) is 0 Å². The van der Waals surface area contributed by atoms with Crippen molar-refractivity contribution in [1.29, 1.82) is 0 Å². The second kappa shape index (κ2) is 10.7. The summed E-state index contributed by atoms with van der Waals surface area (Å²) < 4.78 is 5.55. The van der Waals surface area contributed by atoms with Gasteiger partial charge in [-0.1, -0.05) is 37.6 Å². The van der Waals surface area contributed by atoms with Gasteiger partial charge in [0.15, 0.2) is 11.5 Å². The molecule has 0 aliphatic carbocycles. The number of hydrogen-bond donors (Lipinski definition) is 2. The van der Waals surface area contributed by atoms with E-state index in [2.05, 4.69) is 4.90 Å². The van der Waals surface area contributed by atoms with Gasteiger partial charge in [-0.25, -0.2) is 0 Å². The van der Waals surface area contributed by atoms with Crippen molar-refractivity contribution >= 4 is 17.4 Å². The maximum Gasteiger partial charge on any atom is 0.295 e. The van der Waals surface area contributed by atoms with E-state index >= 15 is 0 Å². The molecule has 1 aliphatic rings. The quantitative estimate of drug-likeness (QED) is 0.328. The van der Waals surface area contributed by atoms with Crippen molar-refractivity contribution in [3.63, 3.8) is 0 Å². The number of benzene rings is 2. The van der Waals surface area contributed by atoms with E-state index in [-0.39, 0.29) is 22.8 Å². The normalized spacial score (nSPS) is 17.6. The first-order chi connectivity index (χ1) is 16.2. The van der Waals surface area contributed by atoms with Gasteiger partial charge in [-0.15, -0.1) is 0 Å². The van der Waals surface area contributed by atoms with Gasteiger partial charge in [0.1, 0.15) is 5.76 Å². The summed E-state index contributed by atoms with van der Waals surface area (Å²) in [4.78, 5) is 30.1. The Morgan fingerprint density at radius 3 is 2.41 bits per heavy atom. The number of carbonyl (C=O) groups excluding carboxylic acids is 2. The van der Waals surface area contributed by atoms with E-state index < -0.39 is 17.7 Å². The van der Waals surface area contributed by atoms with Gasteiger partial charge in [-0.05, 0) is 63.2 Å². The lowest BCUT2D eigenvalue weighted by Crippen LogP contribution is -2.38. The number of hydrogen-bond acceptors (Lipinski definition) is 6. The first kappa shape index (κ1) is 25.3. The number of aromatic hydroxyl groups is 1. The third kappa shape index (κ3) is 4.94. The monoisotopic (exact) mass is 466 g/mol. The van der Waals surface area contributed by atoms with E-state index in [1.54, 1.807) is 12.1 Å². The Kier molecular flexibility index (Phi) is 7.99. The molecule has 3 rings (SSSR count). The number of likely N-dealkylation sites (tertiary alicyclic amines) is 1. The third-order valence-electron chi connectivity index (χ3n) is 6.34. The van der Waals surface area contributed by atoms with Crippen LogP contribution in [-0.4, -0.2) is 64.5 Å². The van der Waals surface area contributed by atoms with Gasteiger partial charge >= 0.3 is 0 Å². The molecule has 7 heteroatoms. The lowest BCUT2D eigenvalue weighted by atomic mass is 9.93. The smallest absolute Gasteiger partial charge is 0.295 e. The molecule has 34 heavy (non-hydrogen) atoms. The first-order valence-electron chi connectivity index (χ1n) is 11.8. The molecule has 0 radical (unpaired) electrons. The maximum atomic E-state index is 13.3. The van der Waals surface area contributed by atoms with Crippen LogP contribution in [0.4, 0.5) is 0 Å². The highest BCUT2D eigenvalue weighted by Gasteiger charge is 2.46. The van der Waals surface area contributed by atoms with Gasteiger partial charge in [-0.3, -0.25) is 9.59 Å². The number of aliphatic hydroxyl groups is 1. The molecule has 0 aromatic heterocycles. The molecule has 2 N–H and O–H groups in total. The highest BCUT2D eigenvalue weighted by molar-refractivity contribution is 6.46. The molecule has 1 heterocycles. The lowest BCUT2D eigenvalue weighted by molar-refractivity contribution is -0.140. The number of nitrogens with zero attached hydrogens (tertiary/aromatic N) is 2. The molecule has 2 aromatic rings. The van der Waals surface area contributed by atoms with Crippen molar-refractivity contribution in [2.24, 2.45) is 0 Å². The van der Waals surface area contributed by atoms with Crippen molar-refractivity contribution in [3.8, 4) is 11.5 Å². The SMILES string of the molecule is CCOc1cc(C2/C(=C(\O)c3cc(C)ccc3C)C(=O)C(=O)N2CCN(CC)CC)ccc1O. The average Bonchev–Trinajstić information content (AvgIpc) is 3.07.